The number of aryl methyl sites for hydroxylation is 1. The van der Waals surface area contributed by atoms with Crippen LogP contribution < -0.4 is 4.90 Å². The Balaban J connectivity index is 1.51. The largest absolute Gasteiger partial charge is 0.368 e. The van der Waals surface area contributed by atoms with Crippen LogP contribution in [0.25, 0.3) is 10.9 Å². The summed E-state index contributed by atoms with van der Waals surface area (Å²) in [6, 6.07) is 8.05. The average molecular weight is 358 g/mol. The number of piperazine rings is 1. The summed E-state index contributed by atoms with van der Waals surface area (Å²) >= 11 is 6.19. The standard InChI is InChI=1S/C18H20ClN5O/c1-12(18-21-13(2)22-25-18)23-7-9-24(10-8-23)17-5-6-20-16-4-3-14(19)11-15(16)17/h3-6,11-12H,7-10H2,1-2H3. The van der Waals surface area contributed by atoms with Gasteiger partial charge in [-0.3, -0.25) is 9.88 Å². The van der Waals surface area contributed by atoms with E-state index >= 15 is 0 Å². The van der Waals surface area contributed by atoms with Gasteiger partial charge >= 0.3 is 0 Å². The number of benzene rings is 1. The van der Waals surface area contributed by atoms with E-state index in [1.54, 1.807) is 0 Å². The fraction of sp³-hybridized carbons (Fsp3) is 0.389. The summed E-state index contributed by atoms with van der Waals surface area (Å²) in [4.78, 5) is 13.6. The molecule has 0 spiro atoms. The minimum Gasteiger partial charge on any atom is -0.368 e. The van der Waals surface area contributed by atoms with Gasteiger partial charge in [-0.2, -0.15) is 4.98 Å². The van der Waals surface area contributed by atoms with E-state index in [0.717, 1.165) is 42.1 Å². The molecule has 1 aromatic carbocycles. The smallest absolute Gasteiger partial charge is 0.243 e. The van der Waals surface area contributed by atoms with Gasteiger partial charge in [-0.05, 0) is 38.1 Å². The second-order valence-electron chi connectivity index (χ2n) is 6.37. The zero-order valence-electron chi connectivity index (χ0n) is 14.3. The van der Waals surface area contributed by atoms with E-state index in [-0.39, 0.29) is 6.04 Å². The number of nitrogens with zero attached hydrogens (tertiary/aromatic N) is 5. The fourth-order valence-electron chi connectivity index (χ4n) is 3.37. The molecule has 0 N–H and O–H groups in total. The molecular formula is C18H20ClN5O. The first kappa shape index (κ1) is 16.3. The lowest BCUT2D eigenvalue weighted by atomic mass is 10.1. The lowest BCUT2D eigenvalue weighted by Crippen LogP contribution is -2.47. The maximum Gasteiger partial charge on any atom is 0.243 e. The van der Waals surface area contributed by atoms with E-state index in [1.165, 1.54) is 5.69 Å². The highest BCUT2D eigenvalue weighted by Crippen LogP contribution is 2.29. The van der Waals surface area contributed by atoms with Crippen LogP contribution in [0.5, 0.6) is 0 Å². The van der Waals surface area contributed by atoms with Crippen LogP contribution in [-0.4, -0.2) is 46.2 Å². The van der Waals surface area contributed by atoms with Gasteiger partial charge in [0, 0.05) is 48.5 Å². The number of hydrogen-bond acceptors (Lipinski definition) is 6. The molecule has 25 heavy (non-hydrogen) atoms. The number of halogens is 1. The van der Waals surface area contributed by atoms with Crippen LogP contribution in [0.4, 0.5) is 5.69 Å². The third kappa shape index (κ3) is 3.19. The van der Waals surface area contributed by atoms with E-state index in [2.05, 4.69) is 37.9 Å². The number of anilines is 1. The van der Waals surface area contributed by atoms with Crippen molar-refractivity contribution in [2.24, 2.45) is 0 Å². The Morgan fingerprint density at radius 3 is 2.68 bits per heavy atom. The Labute approximate surface area is 151 Å². The molecule has 1 saturated heterocycles. The summed E-state index contributed by atoms with van der Waals surface area (Å²) in [7, 11) is 0. The Kier molecular flexibility index (Phi) is 4.31. The Morgan fingerprint density at radius 1 is 1.16 bits per heavy atom. The highest BCUT2D eigenvalue weighted by Gasteiger charge is 2.26. The van der Waals surface area contributed by atoms with Crippen molar-refractivity contribution >= 4 is 28.2 Å². The summed E-state index contributed by atoms with van der Waals surface area (Å²) in [6.45, 7) is 7.70. The minimum absolute atomic E-state index is 0.131. The maximum absolute atomic E-state index is 6.19. The first-order valence-corrected chi connectivity index (χ1v) is 8.83. The summed E-state index contributed by atoms with van der Waals surface area (Å²) in [5.41, 5.74) is 2.16. The third-order valence-corrected chi connectivity index (χ3v) is 5.02. The first-order chi connectivity index (χ1) is 12.1. The molecule has 1 aliphatic heterocycles. The van der Waals surface area contributed by atoms with Gasteiger partial charge in [-0.25, -0.2) is 0 Å². The molecule has 1 unspecified atom stereocenters. The van der Waals surface area contributed by atoms with Crippen molar-refractivity contribution in [3.05, 3.63) is 47.2 Å². The zero-order chi connectivity index (χ0) is 17.4. The third-order valence-electron chi connectivity index (χ3n) is 4.78. The van der Waals surface area contributed by atoms with E-state index in [1.807, 2.05) is 31.3 Å². The summed E-state index contributed by atoms with van der Waals surface area (Å²) in [6.07, 6.45) is 1.86. The second kappa shape index (κ2) is 6.61. The van der Waals surface area contributed by atoms with Gasteiger partial charge in [0.05, 0.1) is 11.6 Å². The van der Waals surface area contributed by atoms with Gasteiger partial charge in [0.2, 0.25) is 5.89 Å². The topological polar surface area (TPSA) is 58.3 Å². The molecule has 1 fully saturated rings. The summed E-state index contributed by atoms with van der Waals surface area (Å²) in [5, 5.41) is 5.73. The molecule has 7 heteroatoms. The number of aromatic nitrogens is 3. The van der Waals surface area contributed by atoms with Crippen molar-refractivity contribution in [1.29, 1.82) is 0 Å². The zero-order valence-corrected chi connectivity index (χ0v) is 15.1. The van der Waals surface area contributed by atoms with Crippen LogP contribution in [0.2, 0.25) is 5.02 Å². The molecule has 4 rings (SSSR count). The molecular weight excluding hydrogens is 338 g/mol. The quantitative estimate of drug-likeness (QED) is 0.715. The van der Waals surface area contributed by atoms with E-state index in [0.29, 0.717) is 11.7 Å². The fourth-order valence-corrected chi connectivity index (χ4v) is 3.54. The van der Waals surface area contributed by atoms with E-state index in [9.17, 15) is 0 Å². The van der Waals surface area contributed by atoms with Crippen LogP contribution in [0.3, 0.4) is 0 Å². The molecule has 6 nitrogen and oxygen atoms in total. The number of fused-ring (bicyclic) bond motifs is 1. The van der Waals surface area contributed by atoms with E-state index in [4.69, 9.17) is 16.1 Å². The number of hydrogen-bond donors (Lipinski definition) is 0. The number of rotatable bonds is 3. The van der Waals surface area contributed by atoms with Gasteiger partial charge in [-0.15, -0.1) is 0 Å². The Hall–Kier alpha value is -2.18. The molecule has 3 heterocycles. The van der Waals surface area contributed by atoms with Crippen LogP contribution in [0, 0.1) is 6.92 Å². The predicted molar refractivity (Wildman–Crippen MR) is 98.0 cm³/mol. The van der Waals surface area contributed by atoms with Gasteiger partial charge < -0.3 is 9.42 Å². The normalized spacial score (nSPS) is 17.2. The first-order valence-electron chi connectivity index (χ1n) is 8.45. The van der Waals surface area contributed by atoms with Gasteiger partial charge in [0.15, 0.2) is 5.82 Å². The lowest BCUT2D eigenvalue weighted by molar-refractivity contribution is 0.164. The van der Waals surface area contributed by atoms with Crippen molar-refractivity contribution in [3.63, 3.8) is 0 Å². The predicted octanol–water partition coefficient (Wildman–Crippen LogP) is 3.46. The van der Waals surface area contributed by atoms with Crippen molar-refractivity contribution in [3.8, 4) is 0 Å². The SMILES string of the molecule is Cc1noc(C(C)N2CCN(c3ccnc4ccc(Cl)cc34)CC2)n1. The molecule has 0 aliphatic carbocycles. The van der Waals surface area contributed by atoms with Crippen LogP contribution in [-0.2, 0) is 0 Å². The summed E-state index contributed by atoms with van der Waals surface area (Å²) in [5.74, 6) is 1.37. The van der Waals surface area contributed by atoms with E-state index < -0.39 is 0 Å². The van der Waals surface area contributed by atoms with Crippen molar-refractivity contribution in [2.45, 2.75) is 19.9 Å². The molecule has 130 valence electrons. The van der Waals surface area contributed by atoms with Gasteiger partial charge in [-0.1, -0.05) is 16.8 Å². The molecule has 1 atom stereocenters. The second-order valence-corrected chi connectivity index (χ2v) is 6.81. The van der Waals surface area contributed by atoms with Crippen LogP contribution in [0.1, 0.15) is 24.7 Å². The summed E-state index contributed by atoms with van der Waals surface area (Å²) < 4.78 is 5.32. The molecule has 0 saturated carbocycles. The minimum atomic E-state index is 0.131. The van der Waals surface area contributed by atoms with Gasteiger partial charge in [0.1, 0.15) is 0 Å². The van der Waals surface area contributed by atoms with Crippen molar-refractivity contribution in [2.75, 3.05) is 31.1 Å². The average Bonchev–Trinajstić information content (AvgIpc) is 3.07. The van der Waals surface area contributed by atoms with Crippen LogP contribution in [0.15, 0.2) is 35.0 Å². The molecule has 0 amide bonds. The Morgan fingerprint density at radius 2 is 1.96 bits per heavy atom. The molecule has 2 aromatic heterocycles. The molecule has 0 radical (unpaired) electrons. The highest BCUT2D eigenvalue weighted by molar-refractivity contribution is 6.31. The Bertz CT molecular complexity index is 888. The molecule has 0 bridgehead atoms. The molecule has 1 aliphatic rings. The number of pyridine rings is 1. The lowest BCUT2D eigenvalue weighted by Gasteiger charge is -2.38. The van der Waals surface area contributed by atoms with Crippen molar-refractivity contribution in [1.82, 2.24) is 20.0 Å². The van der Waals surface area contributed by atoms with Crippen LogP contribution >= 0.6 is 11.6 Å². The van der Waals surface area contributed by atoms with Gasteiger partial charge in [0.25, 0.3) is 0 Å². The highest BCUT2D eigenvalue weighted by atomic mass is 35.5. The van der Waals surface area contributed by atoms with Crippen molar-refractivity contribution < 1.29 is 4.52 Å². The molecule has 3 aromatic rings. The maximum atomic E-state index is 6.19. The monoisotopic (exact) mass is 357 g/mol.